The molecule has 0 fully saturated rings. The Morgan fingerprint density at radius 2 is 0.833 bits per heavy atom. The lowest BCUT2D eigenvalue weighted by Gasteiger charge is -2.15. The number of unbranched alkanes of at least 4 members (excludes halogenated alkanes) is 10. The maximum absolute atomic E-state index is 12.8. The van der Waals surface area contributed by atoms with E-state index in [-0.39, 0.29) is 11.9 Å². The van der Waals surface area contributed by atoms with Crippen molar-refractivity contribution in [2.75, 3.05) is 13.2 Å². The molecule has 176 valence electrons. The summed E-state index contributed by atoms with van der Waals surface area (Å²) in [5, 5.41) is 0. The van der Waals surface area contributed by atoms with E-state index < -0.39 is 0 Å². The number of carbonyl (C=O) groups is 2. The summed E-state index contributed by atoms with van der Waals surface area (Å²) in [6, 6.07) is 0. The molecule has 0 aromatic rings. The summed E-state index contributed by atoms with van der Waals surface area (Å²) in [5.41, 5.74) is 1.12. The maximum atomic E-state index is 12.8. The molecule has 0 spiro atoms. The van der Waals surface area contributed by atoms with Crippen LogP contribution in [0.3, 0.4) is 0 Å². The van der Waals surface area contributed by atoms with Crippen LogP contribution in [0.1, 0.15) is 130 Å². The average Bonchev–Trinajstić information content (AvgIpc) is 2.74. The van der Waals surface area contributed by atoms with Crippen molar-refractivity contribution in [1.29, 1.82) is 0 Å². The van der Waals surface area contributed by atoms with Gasteiger partial charge in [-0.15, -0.1) is 0 Å². The van der Waals surface area contributed by atoms with E-state index in [1.165, 1.54) is 38.5 Å². The van der Waals surface area contributed by atoms with E-state index in [1.54, 1.807) is 0 Å². The first-order valence-electron chi connectivity index (χ1n) is 12.7. The Morgan fingerprint density at radius 1 is 0.467 bits per heavy atom. The smallest absolute Gasteiger partial charge is 0.334 e. The molecule has 0 N–H and O–H groups in total. The van der Waals surface area contributed by atoms with Gasteiger partial charge >= 0.3 is 11.9 Å². The van der Waals surface area contributed by atoms with Crippen molar-refractivity contribution < 1.29 is 19.1 Å². The van der Waals surface area contributed by atoms with Gasteiger partial charge in [-0.05, 0) is 38.5 Å². The van der Waals surface area contributed by atoms with Crippen LogP contribution in [0.2, 0.25) is 0 Å². The normalized spacial score (nSPS) is 11.9. The molecule has 0 amide bonds. The first-order valence-corrected chi connectivity index (χ1v) is 12.7. The van der Waals surface area contributed by atoms with Crippen molar-refractivity contribution in [1.82, 2.24) is 0 Å². The zero-order valence-corrected chi connectivity index (χ0v) is 20.4. The standard InChI is InChI=1S/C26H48O4/c1-5-9-13-14-15-16-17-18-20-24(26(28)30-22-12-8-4)23(19-10-6-2)25(27)29-21-11-7-3/h5-22H2,1-4H3. The van der Waals surface area contributed by atoms with E-state index in [1.807, 2.05) is 0 Å². The van der Waals surface area contributed by atoms with Gasteiger partial charge in [0.05, 0.1) is 13.2 Å². The van der Waals surface area contributed by atoms with Gasteiger partial charge in [0.1, 0.15) is 0 Å². The molecular weight excluding hydrogens is 376 g/mol. The third-order valence-electron chi connectivity index (χ3n) is 5.38. The summed E-state index contributed by atoms with van der Waals surface area (Å²) in [5.74, 6) is -0.635. The van der Waals surface area contributed by atoms with Crippen LogP contribution >= 0.6 is 0 Å². The van der Waals surface area contributed by atoms with Crippen LogP contribution in [0.5, 0.6) is 0 Å². The molecule has 0 saturated carbocycles. The fourth-order valence-electron chi connectivity index (χ4n) is 3.33. The van der Waals surface area contributed by atoms with Crippen molar-refractivity contribution in [2.45, 2.75) is 130 Å². The molecule has 4 heteroatoms. The monoisotopic (exact) mass is 424 g/mol. The van der Waals surface area contributed by atoms with Gasteiger partial charge in [0, 0.05) is 11.1 Å². The van der Waals surface area contributed by atoms with E-state index >= 15 is 0 Å². The molecule has 0 unspecified atom stereocenters. The molecular formula is C26H48O4. The van der Waals surface area contributed by atoms with E-state index in [4.69, 9.17) is 9.47 Å². The Bertz CT molecular complexity index is 468. The minimum Gasteiger partial charge on any atom is -0.462 e. The predicted octanol–water partition coefficient (Wildman–Crippen LogP) is 7.69. The lowest BCUT2D eigenvalue weighted by atomic mass is 9.97. The molecule has 0 bridgehead atoms. The molecule has 0 radical (unpaired) electrons. The average molecular weight is 425 g/mol. The fraction of sp³-hybridized carbons (Fsp3) is 0.846. The van der Waals surface area contributed by atoms with Crippen molar-refractivity contribution >= 4 is 11.9 Å². The molecule has 0 aliphatic rings. The van der Waals surface area contributed by atoms with Crippen molar-refractivity contribution in [2.24, 2.45) is 0 Å². The zero-order valence-electron chi connectivity index (χ0n) is 20.4. The number of hydrogen-bond donors (Lipinski definition) is 0. The van der Waals surface area contributed by atoms with Crippen molar-refractivity contribution in [3.63, 3.8) is 0 Å². The van der Waals surface area contributed by atoms with Crippen molar-refractivity contribution in [3.05, 3.63) is 11.1 Å². The lowest BCUT2D eigenvalue weighted by molar-refractivity contribution is -0.142. The first kappa shape index (κ1) is 28.7. The molecule has 0 atom stereocenters. The van der Waals surface area contributed by atoms with Gasteiger partial charge < -0.3 is 9.47 Å². The largest absolute Gasteiger partial charge is 0.462 e. The van der Waals surface area contributed by atoms with E-state index in [0.29, 0.717) is 37.2 Å². The number of hydrogen-bond acceptors (Lipinski definition) is 4. The van der Waals surface area contributed by atoms with Crippen LogP contribution in [0.25, 0.3) is 0 Å². The van der Waals surface area contributed by atoms with E-state index in [0.717, 1.165) is 51.4 Å². The first-order chi connectivity index (χ1) is 14.6. The van der Waals surface area contributed by atoms with Crippen LogP contribution in [-0.4, -0.2) is 25.2 Å². The molecule has 0 aromatic heterocycles. The number of carbonyl (C=O) groups excluding carboxylic acids is 2. The minimum atomic E-state index is -0.320. The number of ether oxygens (including phenoxy) is 2. The van der Waals surface area contributed by atoms with Gasteiger partial charge in [0.25, 0.3) is 0 Å². The highest BCUT2D eigenvalue weighted by atomic mass is 16.5. The molecule has 0 aromatic carbocycles. The number of rotatable bonds is 20. The van der Waals surface area contributed by atoms with Crippen LogP contribution in [0, 0.1) is 0 Å². The third-order valence-corrected chi connectivity index (χ3v) is 5.38. The van der Waals surface area contributed by atoms with Crippen LogP contribution < -0.4 is 0 Å². The highest BCUT2D eigenvalue weighted by Gasteiger charge is 2.22. The third kappa shape index (κ3) is 14.6. The van der Waals surface area contributed by atoms with Gasteiger partial charge in [-0.3, -0.25) is 0 Å². The molecule has 0 aliphatic heterocycles. The Morgan fingerprint density at radius 3 is 1.27 bits per heavy atom. The molecule has 4 nitrogen and oxygen atoms in total. The van der Waals surface area contributed by atoms with E-state index in [2.05, 4.69) is 27.7 Å². The summed E-state index contributed by atoms with van der Waals surface area (Å²) >= 11 is 0. The van der Waals surface area contributed by atoms with Crippen LogP contribution in [0.4, 0.5) is 0 Å². The summed E-state index contributed by atoms with van der Waals surface area (Å²) in [6.45, 7) is 9.31. The predicted molar refractivity (Wildman–Crippen MR) is 126 cm³/mol. The summed E-state index contributed by atoms with van der Waals surface area (Å²) in [6.07, 6.45) is 16.3. The molecule has 30 heavy (non-hydrogen) atoms. The highest BCUT2D eigenvalue weighted by molar-refractivity contribution is 6.00. The van der Waals surface area contributed by atoms with Gasteiger partial charge in [-0.2, -0.15) is 0 Å². The molecule has 0 heterocycles. The topological polar surface area (TPSA) is 52.6 Å². The second-order valence-corrected chi connectivity index (χ2v) is 8.26. The Balaban J connectivity index is 5.04. The molecule has 0 aliphatic carbocycles. The molecule has 0 rings (SSSR count). The van der Waals surface area contributed by atoms with Gasteiger partial charge in [-0.1, -0.05) is 91.9 Å². The van der Waals surface area contributed by atoms with Crippen LogP contribution in [-0.2, 0) is 19.1 Å². The SMILES string of the molecule is CCCCCCCCCCC(C(=O)OCCCC)=C(CCCC)C(=O)OCCCC. The quantitative estimate of drug-likeness (QED) is 0.114. The van der Waals surface area contributed by atoms with Crippen molar-refractivity contribution in [3.8, 4) is 0 Å². The Labute approximate surface area is 186 Å². The Kier molecular flexibility index (Phi) is 20.0. The second kappa shape index (κ2) is 20.9. The van der Waals surface area contributed by atoms with E-state index in [9.17, 15) is 9.59 Å². The van der Waals surface area contributed by atoms with Crippen LogP contribution in [0.15, 0.2) is 11.1 Å². The highest BCUT2D eigenvalue weighted by Crippen LogP contribution is 2.22. The van der Waals surface area contributed by atoms with Gasteiger partial charge in [0.2, 0.25) is 0 Å². The molecule has 0 saturated heterocycles. The van der Waals surface area contributed by atoms with Gasteiger partial charge in [0.15, 0.2) is 0 Å². The summed E-state index contributed by atoms with van der Waals surface area (Å²) in [4.78, 5) is 25.6. The number of esters is 2. The fourth-order valence-corrected chi connectivity index (χ4v) is 3.33. The lowest BCUT2D eigenvalue weighted by Crippen LogP contribution is -2.18. The summed E-state index contributed by atoms with van der Waals surface area (Å²) in [7, 11) is 0. The second-order valence-electron chi connectivity index (χ2n) is 8.26. The Hall–Kier alpha value is -1.32. The van der Waals surface area contributed by atoms with Gasteiger partial charge in [-0.25, -0.2) is 9.59 Å². The zero-order chi connectivity index (χ0) is 22.5. The minimum absolute atomic E-state index is 0.315. The summed E-state index contributed by atoms with van der Waals surface area (Å²) < 4.78 is 11.0. The maximum Gasteiger partial charge on any atom is 0.334 e.